The maximum atomic E-state index is 11.8. The first kappa shape index (κ1) is 16.5. The second-order valence-electron chi connectivity index (χ2n) is 5.28. The van der Waals surface area contributed by atoms with E-state index in [0.717, 1.165) is 6.42 Å². The molecule has 0 fully saturated rings. The van der Waals surface area contributed by atoms with Crippen molar-refractivity contribution in [1.82, 2.24) is 10.6 Å². The molecule has 0 spiro atoms. The van der Waals surface area contributed by atoms with Gasteiger partial charge in [-0.25, -0.2) is 4.79 Å². The lowest BCUT2D eigenvalue weighted by Crippen LogP contribution is -2.47. The van der Waals surface area contributed by atoms with Crippen molar-refractivity contribution in [3.8, 4) is 0 Å². The van der Waals surface area contributed by atoms with Gasteiger partial charge in [-0.1, -0.05) is 6.92 Å². The third-order valence-electron chi connectivity index (χ3n) is 3.44. The number of hydrogen-bond acceptors (Lipinski definition) is 3. The topological polar surface area (TPSA) is 78.4 Å². The molecular formula is C14H22N2O3S. The van der Waals surface area contributed by atoms with Crippen LogP contribution in [0.1, 0.15) is 32.8 Å². The smallest absolute Gasteiger partial charge is 0.315 e. The number of aliphatic carboxylic acids is 1. The van der Waals surface area contributed by atoms with Gasteiger partial charge in [0.1, 0.15) is 0 Å². The molecule has 1 aromatic rings. The Kier molecular flexibility index (Phi) is 6.01. The van der Waals surface area contributed by atoms with Crippen LogP contribution in [0.25, 0.3) is 0 Å². The van der Waals surface area contributed by atoms with Crippen molar-refractivity contribution in [2.75, 3.05) is 6.54 Å². The van der Waals surface area contributed by atoms with Gasteiger partial charge in [-0.3, -0.25) is 4.79 Å². The molecule has 0 saturated heterocycles. The molecule has 0 aromatic carbocycles. The van der Waals surface area contributed by atoms with Crippen molar-refractivity contribution in [1.29, 1.82) is 0 Å². The Morgan fingerprint density at radius 1 is 1.50 bits per heavy atom. The van der Waals surface area contributed by atoms with E-state index < -0.39 is 11.4 Å². The van der Waals surface area contributed by atoms with E-state index >= 15 is 0 Å². The van der Waals surface area contributed by atoms with E-state index in [0.29, 0.717) is 6.42 Å². The Labute approximate surface area is 123 Å². The third-order valence-corrected chi connectivity index (χ3v) is 4.17. The van der Waals surface area contributed by atoms with Crippen LogP contribution in [0.15, 0.2) is 16.8 Å². The van der Waals surface area contributed by atoms with E-state index in [1.54, 1.807) is 25.2 Å². The van der Waals surface area contributed by atoms with Gasteiger partial charge in [0.05, 0.1) is 5.41 Å². The van der Waals surface area contributed by atoms with Crippen LogP contribution in [0, 0.1) is 5.41 Å². The monoisotopic (exact) mass is 298 g/mol. The molecule has 2 amide bonds. The standard InChI is InChI=1S/C14H22N2O3S/c1-4-14(3,12(17)18)9-15-13(19)16-10(2)7-11-5-6-20-8-11/h5-6,8,10H,4,7,9H2,1-3H3,(H,17,18)(H2,15,16,19). The number of carboxylic acids is 1. The summed E-state index contributed by atoms with van der Waals surface area (Å²) in [4.78, 5) is 22.9. The second kappa shape index (κ2) is 7.28. The van der Waals surface area contributed by atoms with Crippen molar-refractivity contribution in [2.45, 2.75) is 39.7 Å². The number of carboxylic acid groups (broad SMARTS) is 1. The highest BCUT2D eigenvalue weighted by Crippen LogP contribution is 2.19. The van der Waals surface area contributed by atoms with Crippen molar-refractivity contribution >= 4 is 23.3 Å². The third kappa shape index (κ3) is 4.85. The molecule has 0 saturated carbocycles. The minimum atomic E-state index is -0.923. The highest BCUT2D eigenvalue weighted by molar-refractivity contribution is 7.07. The van der Waals surface area contributed by atoms with Crippen LogP contribution in [-0.4, -0.2) is 29.7 Å². The molecule has 0 radical (unpaired) electrons. The number of carbonyl (C=O) groups is 2. The number of hydrogen-bond donors (Lipinski definition) is 3. The summed E-state index contributed by atoms with van der Waals surface area (Å²) in [5.41, 5.74) is 0.264. The van der Waals surface area contributed by atoms with Gasteiger partial charge in [-0.05, 0) is 49.1 Å². The van der Waals surface area contributed by atoms with Crippen LogP contribution in [0.2, 0.25) is 0 Å². The average molecular weight is 298 g/mol. The van der Waals surface area contributed by atoms with E-state index in [-0.39, 0.29) is 18.6 Å². The van der Waals surface area contributed by atoms with E-state index in [2.05, 4.69) is 16.0 Å². The first-order chi connectivity index (χ1) is 9.37. The molecule has 0 aliphatic rings. The predicted molar refractivity (Wildman–Crippen MR) is 80.1 cm³/mol. The Morgan fingerprint density at radius 2 is 2.20 bits per heavy atom. The Balaban J connectivity index is 2.38. The molecule has 2 atom stereocenters. The van der Waals surface area contributed by atoms with E-state index in [4.69, 9.17) is 5.11 Å². The minimum Gasteiger partial charge on any atom is -0.481 e. The number of nitrogens with one attached hydrogen (secondary N) is 2. The number of thiophene rings is 1. The molecule has 6 heteroatoms. The van der Waals surface area contributed by atoms with Crippen molar-refractivity contribution in [2.24, 2.45) is 5.41 Å². The maximum Gasteiger partial charge on any atom is 0.315 e. The van der Waals surface area contributed by atoms with Gasteiger partial charge in [0, 0.05) is 12.6 Å². The zero-order chi connectivity index (χ0) is 15.2. The Hall–Kier alpha value is -1.56. The van der Waals surface area contributed by atoms with Crippen LogP contribution in [0.4, 0.5) is 4.79 Å². The van der Waals surface area contributed by atoms with Crippen molar-refractivity contribution < 1.29 is 14.7 Å². The highest BCUT2D eigenvalue weighted by Gasteiger charge is 2.31. The fraction of sp³-hybridized carbons (Fsp3) is 0.571. The lowest BCUT2D eigenvalue weighted by atomic mass is 9.88. The number of amides is 2. The van der Waals surface area contributed by atoms with Gasteiger partial charge in [0.15, 0.2) is 0 Å². The van der Waals surface area contributed by atoms with Crippen LogP contribution in [0.5, 0.6) is 0 Å². The van der Waals surface area contributed by atoms with Crippen LogP contribution in [-0.2, 0) is 11.2 Å². The van der Waals surface area contributed by atoms with Gasteiger partial charge >= 0.3 is 12.0 Å². The molecule has 3 N–H and O–H groups in total. The van der Waals surface area contributed by atoms with Crippen LogP contribution in [0.3, 0.4) is 0 Å². The maximum absolute atomic E-state index is 11.8. The Morgan fingerprint density at radius 3 is 2.70 bits per heavy atom. The minimum absolute atomic E-state index is 0.00214. The quantitative estimate of drug-likeness (QED) is 0.723. The van der Waals surface area contributed by atoms with Gasteiger partial charge in [0.25, 0.3) is 0 Å². The summed E-state index contributed by atoms with van der Waals surface area (Å²) in [5.74, 6) is -0.897. The van der Waals surface area contributed by atoms with Gasteiger partial charge in [-0.15, -0.1) is 0 Å². The first-order valence-corrected chi connectivity index (χ1v) is 7.60. The van der Waals surface area contributed by atoms with E-state index in [1.165, 1.54) is 5.56 Å². The molecule has 1 heterocycles. The average Bonchev–Trinajstić information content (AvgIpc) is 2.88. The highest BCUT2D eigenvalue weighted by atomic mass is 32.1. The predicted octanol–water partition coefficient (Wildman–Crippen LogP) is 2.48. The summed E-state index contributed by atoms with van der Waals surface area (Å²) < 4.78 is 0. The number of urea groups is 1. The summed E-state index contributed by atoms with van der Waals surface area (Å²) in [5, 5.41) is 18.6. The summed E-state index contributed by atoms with van der Waals surface area (Å²) in [6, 6.07) is 1.70. The summed E-state index contributed by atoms with van der Waals surface area (Å²) in [7, 11) is 0. The van der Waals surface area contributed by atoms with Crippen molar-refractivity contribution in [3.05, 3.63) is 22.4 Å². The zero-order valence-corrected chi connectivity index (χ0v) is 12.9. The molecular weight excluding hydrogens is 276 g/mol. The molecule has 1 rings (SSSR count). The number of carbonyl (C=O) groups excluding carboxylic acids is 1. The van der Waals surface area contributed by atoms with Gasteiger partial charge < -0.3 is 15.7 Å². The molecule has 20 heavy (non-hydrogen) atoms. The lowest BCUT2D eigenvalue weighted by molar-refractivity contribution is -0.147. The zero-order valence-electron chi connectivity index (χ0n) is 12.1. The normalized spacial score (nSPS) is 15.2. The first-order valence-electron chi connectivity index (χ1n) is 6.66. The number of rotatable bonds is 7. The molecule has 1 aromatic heterocycles. The molecule has 2 unspecified atom stereocenters. The Bertz CT molecular complexity index is 447. The van der Waals surface area contributed by atoms with Crippen LogP contribution < -0.4 is 10.6 Å². The molecule has 0 aliphatic carbocycles. The molecule has 0 aliphatic heterocycles. The molecule has 112 valence electrons. The van der Waals surface area contributed by atoms with Crippen molar-refractivity contribution in [3.63, 3.8) is 0 Å². The fourth-order valence-electron chi connectivity index (χ4n) is 1.72. The summed E-state index contributed by atoms with van der Waals surface area (Å²) in [6.07, 6.45) is 1.23. The largest absolute Gasteiger partial charge is 0.481 e. The molecule has 0 bridgehead atoms. The second-order valence-corrected chi connectivity index (χ2v) is 6.06. The lowest BCUT2D eigenvalue weighted by Gasteiger charge is -2.24. The van der Waals surface area contributed by atoms with Gasteiger partial charge in [0.2, 0.25) is 0 Å². The fourth-order valence-corrected chi connectivity index (χ4v) is 2.40. The van der Waals surface area contributed by atoms with E-state index in [1.807, 2.05) is 18.4 Å². The SMILES string of the molecule is CCC(C)(CNC(=O)NC(C)Cc1ccsc1)C(=O)O. The summed E-state index contributed by atoms with van der Waals surface area (Å²) in [6.45, 7) is 5.47. The van der Waals surface area contributed by atoms with Gasteiger partial charge in [-0.2, -0.15) is 11.3 Å². The summed E-state index contributed by atoms with van der Waals surface area (Å²) >= 11 is 1.63. The molecule has 5 nitrogen and oxygen atoms in total. The van der Waals surface area contributed by atoms with Crippen LogP contribution >= 0.6 is 11.3 Å². The van der Waals surface area contributed by atoms with E-state index in [9.17, 15) is 9.59 Å².